The van der Waals surface area contributed by atoms with E-state index < -0.39 is 30.2 Å². The largest absolute Gasteiger partial charge is 0.392 e. The Balaban J connectivity index is 1.29. The second-order valence-corrected chi connectivity index (χ2v) is 13.6. The molecule has 5 rings (SSSR count). The van der Waals surface area contributed by atoms with Crippen molar-refractivity contribution in [1.29, 1.82) is 0 Å². The number of pyridine rings is 1. The Bertz CT molecular complexity index is 1440. The first kappa shape index (κ1) is 33.7. The number of hydrogen-bond acceptors (Lipinski definition) is 7. The quantitative estimate of drug-likeness (QED) is 0.230. The number of rotatable bonds is 13. The van der Waals surface area contributed by atoms with E-state index in [4.69, 9.17) is 0 Å². The molecule has 2 aromatic carbocycles. The topological polar surface area (TPSA) is 118 Å². The van der Waals surface area contributed by atoms with Crippen LogP contribution in [-0.2, 0) is 29.0 Å². The maximum Gasteiger partial charge on any atom is 0.239 e. The van der Waals surface area contributed by atoms with Crippen molar-refractivity contribution in [3.05, 3.63) is 101 Å². The van der Waals surface area contributed by atoms with Crippen LogP contribution in [0.15, 0.2) is 79.1 Å². The van der Waals surface area contributed by atoms with Crippen molar-refractivity contribution in [3.63, 3.8) is 0 Å². The number of benzene rings is 2. The zero-order chi connectivity index (χ0) is 32.7. The van der Waals surface area contributed by atoms with Crippen LogP contribution in [0.5, 0.6) is 0 Å². The lowest BCUT2D eigenvalue weighted by molar-refractivity contribution is -0.132. The fourth-order valence-corrected chi connectivity index (χ4v) is 6.62. The average molecular weight is 628 g/mol. The van der Waals surface area contributed by atoms with Gasteiger partial charge in [0.05, 0.1) is 18.2 Å². The molecule has 0 bridgehead atoms. The predicted octanol–water partition coefficient (Wildman–Crippen LogP) is 3.26. The van der Waals surface area contributed by atoms with E-state index in [0.717, 1.165) is 35.2 Å². The van der Waals surface area contributed by atoms with Gasteiger partial charge in [-0.25, -0.2) is 0 Å². The highest BCUT2D eigenvalue weighted by Crippen LogP contribution is 2.32. The van der Waals surface area contributed by atoms with Gasteiger partial charge in [-0.3, -0.25) is 24.4 Å². The molecule has 1 aliphatic heterocycles. The van der Waals surface area contributed by atoms with Gasteiger partial charge in [0.2, 0.25) is 11.8 Å². The molecule has 1 aromatic heterocycles. The maximum atomic E-state index is 13.8. The Kier molecular flexibility index (Phi) is 11.2. The summed E-state index contributed by atoms with van der Waals surface area (Å²) in [4.78, 5) is 36.1. The Labute approximate surface area is 273 Å². The third kappa shape index (κ3) is 8.79. The number of nitrogens with zero attached hydrogens (tertiary/aromatic N) is 3. The molecule has 2 aliphatic rings. The Morgan fingerprint density at radius 3 is 2.50 bits per heavy atom. The minimum Gasteiger partial charge on any atom is -0.392 e. The molecule has 5 atom stereocenters. The van der Waals surface area contributed by atoms with Crippen molar-refractivity contribution in [2.75, 3.05) is 26.2 Å². The zero-order valence-electron chi connectivity index (χ0n) is 27.3. The molecule has 1 fully saturated rings. The van der Waals surface area contributed by atoms with Crippen molar-refractivity contribution >= 4 is 11.8 Å². The van der Waals surface area contributed by atoms with Crippen molar-refractivity contribution in [3.8, 4) is 0 Å². The summed E-state index contributed by atoms with van der Waals surface area (Å²) in [7, 11) is 0. The average Bonchev–Trinajstić information content (AvgIpc) is 3.36. The van der Waals surface area contributed by atoms with Gasteiger partial charge in [-0.1, -0.05) is 67.6 Å². The number of β-amino-alcohol motifs (C(OH)–C–C–N with tert-alkyl or cyclic N) is 1. The zero-order valence-corrected chi connectivity index (χ0v) is 27.3. The van der Waals surface area contributed by atoms with Crippen LogP contribution in [0.2, 0.25) is 0 Å². The molecule has 1 aliphatic carbocycles. The van der Waals surface area contributed by atoms with Crippen LogP contribution in [-0.4, -0.2) is 86.8 Å². The molecule has 1 saturated heterocycles. The molecular weight excluding hydrogens is 578 g/mol. The number of piperazine rings is 1. The van der Waals surface area contributed by atoms with Gasteiger partial charge in [-0.05, 0) is 61.4 Å². The van der Waals surface area contributed by atoms with Crippen LogP contribution in [0.1, 0.15) is 61.9 Å². The summed E-state index contributed by atoms with van der Waals surface area (Å²) in [6, 6.07) is 20.7. The maximum absolute atomic E-state index is 13.8. The van der Waals surface area contributed by atoms with E-state index in [9.17, 15) is 19.8 Å². The van der Waals surface area contributed by atoms with Gasteiger partial charge in [-0.15, -0.1) is 0 Å². The normalized spacial score (nSPS) is 21.7. The molecule has 0 saturated carbocycles. The molecule has 0 spiro atoms. The molecular formula is C37H49N5O4. The van der Waals surface area contributed by atoms with Crippen molar-refractivity contribution in [2.45, 2.75) is 82.8 Å². The fraction of sp³-hybridized carbons (Fsp3) is 0.486. The van der Waals surface area contributed by atoms with Crippen LogP contribution >= 0.6 is 0 Å². The smallest absolute Gasteiger partial charge is 0.239 e. The van der Waals surface area contributed by atoms with E-state index in [1.165, 1.54) is 0 Å². The number of carbonyl (C=O) groups excluding carboxylic acids is 2. The van der Waals surface area contributed by atoms with E-state index in [2.05, 4.69) is 32.3 Å². The number of fused-ring (bicyclic) bond motifs is 1. The number of aliphatic hydroxyl groups is 2. The first-order chi connectivity index (χ1) is 22.1. The molecule has 0 radical (unpaired) electrons. The summed E-state index contributed by atoms with van der Waals surface area (Å²) in [6.45, 7) is 8.95. The van der Waals surface area contributed by atoms with Gasteiger partial charge in [0.15, 0.2) is 0 Å². The Hall–Kier alpha value is -3.63. The monoisotopic (exact) mass is 627 g/mol. The van der Waals surface area contributed by atoms with Gasteiger partial charge in [-0.2, -0.15) is 0 Å². The first-order valence-corrected chi connectivity index (χ1v) is 16.6. The highest BCUT2D eigenvalue weighted by atomic mass is 16.3. The van der Waals surface area contributed by atoms with Crippen molar-refractivity contribution < 1.29 is 19.8 Å². The molecule has 3 aromatic rings. The number of carbonyl (C=O) groups is 2. The fourth-order valence-electron chi connectivity index (χ4n) is 6.62. The predicted molar refractivity (Wildman–Crippen MR) is 179 cm³/mol. The lowest BCUT2D eigenvalue weighted by atomic mass is 9.91. The second-order valence-electron chi connectivity index (χ2n) is 13.6. The molecule has 9 heteroatoms. The number of aliphatic hydroxyl groups excluding tert-OH is 2. The standard InChI is InChI=1S/C37H49N5O4/c1-4-37(2,3)40-36(46)32-25-41(23-27-13-10-16-38-22-27)17-18-42(32)24-30(43)20-29(19-26-11-6-5-7-12-26)35(45)39-34-31-15-9-8-14-28(31)21-33(34)44/h5-16,22,29-30,32-34,43-44H,4,17-21,23-25H2,1-3H3,(H,39,45)(H,40,46)/t29-,30+,32+,33-,34+/m1/s1. The minimum absolute atomic E-state index is 0.0533. The number of aromatic nitrogens is 1. The van der Waals surface area contributed by atoms with Gasteiger partial charge in [0, 0.05) is 63.0 Å². The lowest BCUT2D eigenvalue weighted by Gasteiger charge is -2.42. The van der Waals surface area contributed by atoms with Crippen LogP contribution in [0.4, 0.5) is 0 Å². The minimum atomic E-state index is -0.834. The second kappa shape index (κ2) is 15.3. The lowest BCUT2D eigenvalue weighted by Crippen LogP contribution is -2.62. The number of nitrogens with one attached hydrogen (secondary N) is 2. The summed E-state index contributed by atoms with van der Waals surface area (Å²) < 4.78 is 0. The van der Waals surface area contributed by atoms with E-state index in [1.54, 1.807) is 6.20 Å². The van der Waals surface area contributed by atoms with Crippen molar-refractivity contribution in [1.82, 2.24) is 25.4 Å². The molecule has 2 heterocycles. The van der Waals surface area contributed by atoms with Crippen LogP contribution in [0.25, 0.3) is 0 Å². The molecule has 2 amide bonds. The Morgan fingerprint density at radius 1 is 1.02 bits per heavy atom. The SMILES string of the molecule is CCC(C)(C)NC(=O)[C@@H]1CN(Cc2cccnc2)CCN1C[C@@H](O)C[C@@H](Cc1ccccc1)C(=O)N[C@H]1c2ccccc2C[C@H]1O. The van der Waals surface area contributed by atoms with E-state index in [-0.39, 0.29) is 30.3 Å². The van der Waals surface area contributed by atoms with Crippen molar-refractivity contribution in [2.24, 2.45) is 5.92 Å². The van der Waals surface area contributed by atoms with Gasteiger partial charge in [0.1, 0.15) is 6.04 Å². The summed E-state index contributed by atoms with van der Waals surface area (Å²) in [5, 5.41) is 28.7. The van der Waals surface area contributed by atoms with E-state index in [0.29, 0.717) is 32.5 Å². The summed E-state index contributed by atoms with van der Waals surface area (Å²) in [5.74, 6) is -0.762. The molecule has 4 N–H and O–H groups in total. The van der Waals surface area contributed by atoms with Gasteiger partial charge in [0.25, 0.3) is 0 Å². The molecule has 46 heavy (non-hydrogen) atoms. The van der Waals surface area contributed by atoms with Crippen LogP contribution in [0.3, 0.4) is 0 Å². The third-order valence-electron chi connectivity index (χ3n) is 9.55. The number of hydrogen-bond donors (Lipinski definition) is 4. The third-order valence-corrected chi connectivity index (χ3v) is 9.55. The summed E-state index contributed by atoms with van der Waals surface area (Å²) >= 11 is 0. The highest BCUT2D eigenvalue weighted by molar-refractivity contribution is 5.83. The summed E-state index contributed by atoms with van der Waals surface area (Å²) in [5.41, 5.74) is 3.72. The first-order valence-electron chi connectivity index (χ1n) is 16.6. The molecule has 0 unspecified atom stereocenters. The van der Waals surface area contributed by atoms with Crippen LogP contribution < -0.4 is 10.6 Å². The van der Waals surface area contributed by atoms with Gasteiger partial charge >= 0.3 is 0 Å². The molecule has 246 valence electrons. The molecule has 9 nitrogen and oxygen atoms in total. The van der Waals surface area contributed by atoms with E-state index in [1.807, 2.05) is 86.8 Å². The summed E-state index contributed by atoms with van der Waals surface area (Å²) in [6.07, 6.45) is 4.07. The Morgan fingerprint density at radius 2 is 1.76 bits per heavy atom. The highest BCUT2D eigenvalue weighted by Gasteiger charge is 2.37. The van der Waals surface area contributed by atoms with Crippen LogP contribution in [0, 0.1) is 5.92 Å². The number of amides is 2. The van der Waals surface area contributed by atoms with Gasteiger partial charge < -0.3 is 20.8 Å². The van der Waals surface area contributed by atoms with E-state index >= 15 is 0 Å².